The van der Waals surface area contributed by atoms with Gasteiger partial charge in [-0.25, -0.2) is 0 Å². The van der Waals surface area contributed by atoms with E-state index in [1.54, 1.807) is 7.11 Å². The van der Waals surface area contributed by atoms with Gasteiger partial charge < -0.3 is 4.74 Å². The fraction of sp³-hybridized carbons (Fsp3) is 0.357. The topological polar surface area (TPSA) is 22.1 Å². The normalized spacial score (nSPS) is 11.1. The number of fused-ring (bicyclic) bond motifs is 1. The van der Waals surface area contributed by atoms with Gasteiger partial charge in [0.1, 0.15) is 5.75 Å². The van der Waals surface area contributed by atoms with E-state index in [4.69, 9.17) is 4.74 Å². The molecular formula is C14H17NO. The quantitative estimate of drug-likeness (QED) is 0.762. The molecule has 0 N–H and O–H groups in total. The summed E-state index contributed by atoms with van der Waals surface area (Å²) in [4.78, 5) is 4.45. The molecule has 1 heterocycles. The van der Waals surface area contributed by atoms with E-state index in [-0.39, 0.29) is 0 Å². The number of aromatic nitrogens is 1. The highest BCUT2D eigenvalue weighted by Crippen LogP contribution is 2.29. The van der Waals surface area contributed by atoms with Gasteiger partial charge in [-0.15, -0.1) is 0 Å². The first-order chi connectivity index (χ1) is 7.63. The van der Waals surface area contributed by atoms with E-state index in [2.05, 4.69) is 31.8 Å². The SMILES string of the molecule is COc1ccc2c(C(C)C)c(C)ncc2c1. The first-order valence-electron chi connectivity index (χ1n) is 5.56. The third-order valence-electron chi connectivity index (χ3n) is 2.91. The fourth-order valence-electron chi connectivity index (χ4n) is 2.18. The Kier molecular flexibility index (Phi) is 2.82. The monoisotopic (exact) mass is 215 g/mol. The van der Waals surface area contributed by atoms with Crippen LogP contribution < -0.4 is 4.74 Å². The van der Waals surface area contributed by atoms with Crippen molar-refractivity contribution in [3.8, 4) is 5.75 Å². The first kappa shape index (κ1) is 10.9. The molecule has 2 nitrogen and oxygen atoms in total. The molecule has 2 aromatic rings. The van der Waals surface area contributed by atoms with Crippen molar-refractivity contribution < 1.29 is 4.74 Å². The Bertz CT molecular complexity index is 517. The van der Waals surface area contributed by atoms with Gasteiger partial charge in [0, 0.05) is 17.3 Å². The predicted molar refractivity (Wildman–Crippen MR) is 67.1 cm³/mol. The second-order valence-corrected chi connectivity index (χ2v) is 4.37. The molecule has 1 aromatic heterocycles. The molecular weight excluding hydrogens is 198 g/mol. The Labute approximate surface area is 96.3 Å². The van der Waals surface area contributed by atoms with E-state index in [0.29, 0.717) is 5.92 Å². The highest BCUT2D eigenvalue weighted by molar-refractivity contribution is 5.87. The minimum Gasteiger partial charge on any atom is -0.497 e. The zero-order chi connectivity index (χ0) is 11.7. The number of aryl methyl sites for hydroxylation is 1. The van der Waals surface area contributed by atoms with E-state index in [1.807, 2.05) is 18.3 Å². The number of nitrogens with zero attached hydrogens (tertiary/aromatic N) is 1. The maximum Gasteiger partial charge on any atom is 0.119 e. The molecule has 0 spiro atoms. The van der Waals surface area contributed by atoms with Gasteiger partial charge in [0.15, 0.2) is 0 Å². The number of methoxy groups -OCH3 is 1. The highest BCUT2D eigenvalue weighted by atomic mass is 16.5. The van der Waals surface area contributed by atoms with Crippen LogP contribution in [-0.4, -0.2) is 12.1 Å². The van der Waals surface area contributed by atoms with Crippen molar-refractivity contribution in [2.75, 3.05) is 7.11 Å². The average Bonchev–Trinajstić information content (AvgIpc) is 2.27. The Morgan fingerprint density at radius 3 is 2.62 bits per heavy atom. The van der Waals surface area contributed by atoms with Crippen LogP contribution in [0, 0.1) is 6.92 Å². The number of hydrogen-bond donors (Lipinski definition) is 0. The van der Waals surface area contributed by atoms with Crippen LogP contribution in [0.5, 0.6) is 5.75 Å². The van der Waals surface area contributed by atoms with Gasteiger partial charge in [0.2, 0.25) is 0 Å². The van der Waals surface area contributed by atoms with Crippen molar-refractivity contribution in [1.29, 1.82) is 0 Å². The summed E-state index contributed by atoms with van der Waals surface area (Å²) in [6.45, 7) is 6.47. The molecule has 0 saturated carbocycles. The standard InChI is InChI=1S/C14H17NO/c1-9(2)14-10(3)15-8-11-7-12(16-4)5-6-13(11)14/h5-9H,1-4H3. The van der Waals surface area contributed by atoms with Gasteiger partial charge in [-0.1, -0.05) is 19.9 Å². The lowest BCUT2D eigenvalue weighted by Gasteiger charge is -2.13. The molecule has 1 aromatic carbocycles. The molecule has 16 heavy (non-hydrogen) atoms. The summed E-state index contributed by atoms with van der Waals surface area (Å²) in [5.41, 5.74) is 2.45. The average molecular weight is 215 g/mol. The van der Waals surface area contributed by atoms with E-state index in [1.165, 1.54) is 10.9 Å². The summed E-state index contributed by atoms with van der Waals surface area (Å²) in [6, 6.07) is 6.17. The Hall–Kier alpha value is -1.57. The molecule has 0 aliphatic heterocycles. The summed E-state index contributed by atoms with van der Waals surface area (Å²) < 4.78 is 5.23. The van der Waals surface area contributed by atoms with Crippen molar-refractivity contribution in [2.45, 2.75) is 26.7 Å². The number of benzene rings is 1. The van der Waals surface area contributed by atoms with E-state index >= 15 is 0 Å². The Balaban J connectivity index is 2.74. The number of rotatable bonds is 2. The molecule has 0 atom stereocenters. The molecule has 0 bridgehead atoms. The second-order valence-electron chi connectivity index (χ2n) is 4.37. The molecule has 0 aliphatic carbocycles. The zero-order valence-electron chi connectivity index (χ0n) is 10.2. The van der Waals surface area contributed by atoms with Crippen molar-refractivity contribution in [1.82, 2.24) is 4.98 Å². The molecule has 2 rings (SSSR count). The van der Waals surface area contributed by atoms with Gasteiger partial charge in [0.25, 0.3) is 0 Å². The smallest absolute Gasteiger partial charge is 0.119 e. The molecule has 84 valence electrons. The third-order valence-corrected chi connectivity index (χ3v) is 2.91. The van der Waals surface area contributed by atoms with Gasteiger partial charge in [-0.2, -0.15) is 0 Å². The lowest BCUT2D eigenvalue weighted by atomic mass is 9.95. The lowest BCUT2D eigenvalue weighted by molar-refractivity contribution is 0.415. The van der Waals surface area contributed by atoms with Crippen LogP contribution in [-0.2, 0) is 0 Å². The molecule has 0 unspecified atom stereocenters. The molecule has 0 amide bonds. The fourth-order valence-corrected chi connectivity index (χ4v) is 2.18. The van der Waals surface area contributed by atoms with Crippen LogP contribution in [0.25, 0.3) is 10.8 Å². The number of hydrogen-bond acceptors (Lipinski definition) is 2. The summed E-state index contributed by atoms with van der Waals surface area (Å²) >= 11 is 0. The Morgan fingerprint density at radius 2 is 2.00 bits per heavy atom. The van der Waals surface area contributed by atoms with Crippen LogP contribution in [0.3, 0.4) is 0 Å². The third kappa shape index (κ3) is 1.75. The van der Waals surface area contributed by atoms with E-state index in [9.17, 15) is 0 Å². The van der Waals surface area contributed by atoms with Crippen molar-refractivity contribution >= 4 is 10.8 Å². The minimum atomic E-state index is 0.490. The summed E-state index contributed by atoms with van der Waals surface area (Å²) in [5.74, 6) is 1.37. The minimum absolute atomic E-state index is 0.490. The summed E-state index contributed by atoms with van der Waals surface area (Å²) in [7, 11) is 1.69. The van der Waals surface area contributed by atoms with Gasteiger partial charge >= 0.3 is 0 Å². The Morgan fingerprint density at radius 1 is 1.25 bits per heavy atom. The second kappa shape index (κ2) is 4.12. The highest BCUT2D eigenvalue weighted by Gasteiger charge is 2.09. The molecule has 0 fully saturated rings. The van der Waals surface area contributed by atoms with Crippen LogP contribution in [0.2, 0.25) is 0 Å². The van der Waals surface area contributed by atoms with Crippen LogP contribution >= 0.6 is 0 Å². The van der Waals surface area contributed by atoms with Crippen molar-refractivity contribution in [3.63, 3.8) is 0 Å². The predicted octanol–water partition coefficient (Wildman–Crippen LogP) is 3.68. The molecule has 0 saturated heterocycles. The van der Waals surface area contributed by atoms with Crippen molar-refractivity contribution in [2.24, 2.45) is 0 Å². The molecule has 0 aliphatic rings. The molecule has 0 radical (unpaired) electrons. The largest absolute Gasteiger partial charge is 0.497 e. The molecule has 2 heteroatoms. The van der Waals surface area contributed by atoms with Gasteiger partial charge in [-0.3, -0.25) is 4.98 Å². The maximum atomic E-state index is 5.23. The van der Waals surface area contributed by atoms with Crippen molar-refractivity contribution in [3.05, 3.63) is 35.7 Å². The lowest BCUT2D eigenvalue weighted by Crippen LogP contribution is -1.97. The van der Waals surface area contributed by atoms with E-state index < -0.39 is 0 Å². The number of pyridine rings is 1. The zero-order valence-corrected chi connectivity index (χ0v) is 10.2. The van der Waals surface area contributed by atoms with E-state index in [0.717, 1.165) is 16.8 Å². The van der Waals surface area contributed by atoms with Gasteiger partial charge in [-0.05, 0) is 35.9 Å². The van der Waals surface area contributed by atoms with Crippen LogP contribution in [0.15, 0.2) is 24.4 Å². The number of ether oxygens (including phenoxy) is 1. The maximum absolute atomic E-state index is 5.23. The summed E-state index contributed by atoms with van der Waals surface area (Å²) in [6.07, 6.45) is 1.92. The van der Waals surface area contributed by atoms with Crippen LogP contribution in [0.4, 0.5) is 0 Å². The van der Waals surface area contributed by atoms with Gasteiger partial charge in [0.05, 0.1) is 7.11 Å². The summed E-state index contributed by atoms with van der Waals surface area (Å²) in [5, 5.41) is 2.43. The van der Waals surface area contributed by atoms with Crippen LogP contribution in [0.1, 0.15) is 31.0 Å². The first-order valence-corrected chi connectivity index (χ1v) is 5.56.